The van der Waals surface area contributed by atoms with Crippen LogP contribution in [-0.2, 0) is 4.74 Å². The SMILES string of the molecule is COC(=O)n1cc(C)c2cc(C)c(C)cc21. The fraction of sp³-hybridized carbons (Fsp3) is 0.308. The highest BCUT2D eigenvalue weighted by atomic mass is 16.5. The Morgan fingerprint density at radius 2 is 1.75 bits per heavy atom. The van der Waals surface area contributed by atoms with Gasteiger partial charge in [0, 0.05) is 11.6 Å². The molecule has 0 saturated carbocycles. The Labute approximate surface area is 94.6 Å². The third kappa shape index (κ3) is 1.48. The van der Waals surface area contributed by atoms with Crippen molar-refractivity contribution in [3.05, 3.63) is 35.0 Å². The molecule has 3 heteroatoms. The Balaban J connectivity index is 2.78. The Hall–Kier alpha value is -1.77. The number of hydrogen-bond acceptors (Lipinski definition) is 2. The number of benzene rings is 1. The van der Waals surface area contributed by atoms with Gasteiger partial charge in [0.15, 0.2) is 0 Å². The number of carbonyl (C=O) groups excluding carboxylic acids is 1. The van der Waals surface area contributed by atoms with Crippen molar-refractivity contribution in [1.29, 1.82) is 0 Å². The molecular weight excluding hydrogens is 202 g/mol. The number of aryl methyl sites for hydroxylation is 3. The first-order chi connectivity index (χ1) is 7.54. The zero-order valence-corrected chi connectivity index (χ0v) is 10.00. The Kier molecular flexibility index (Phi) is 2.46. The monoisotopic (exact) mass is 217 g/mol. The lowest BCUT2D eigenvalue weighted by Crippen LogP contribution is -2.09. The van der Waals surface area contributed by atoms with Gasteiger partial charge in [0.05, 0.1) is 12.6 Å². The van der Waals surface area contributed by atoms with Gasteiger partial charge in [-0.05, 0) is 49.6 Å². The van der Waals surface area contributed by atoms with E-state index < -0.39 is 0 Å². The smallest absolute Gasteiger partial charge is 0.418 e. The minimum atomic E-state index is -0.346. The number of ether oxygens (including phenoxy) is 1. The second kappa shape index (κ2) is 3.67. The molecule has 0 bridgehead atoms. The molecule has 0 N–H and O–H groups in total. The van der Waals surface area contributed by atoms with Gasteiger partial charge in [-0.3, -0.25) is 4.57 Å². The van der Waals surface area contributed by atoms with Crippen molar-refractivity contribution in [2.45, 2.75) is 20.8 Å². The van der Waals surface area contributed by atoms with Crippen LogP contribution < -0.4 is 0 Å². The summed E-state index contributed by atoms with van der Waals surface area (Å²) >= 11 is 0. The van der Waals surface area contributed by atoms with Crippen LogP contribution in [-0.4, -0.2) is 17.8 Å². The van der Waals surface area contributed by atoms with E-state index in [1.54, 1.807) is 4.57 Å². The number of carbonyl (C=O) groups is 1. The second-order valence-electron chi connectivity index (χ2n) is 4.11. The molecule has 0 amide bonds. The van der Waals surface area contributed by atoms with Crippen molar-refractivity contribution in [3.63, 3.8) is 0 Å². The predicted molar refractivity (Wildman–Crippen MR) is 64.0 cm³/mol. The summed E-state index contributed by atoms with van der Waals surface area (Å²) < 4.78 is 6.30. The van der Waals surface area contributed by atoms with Crippen LogP contribution in [0.3, 0.4) is 0 Å². The van der Waals surface area contributed by atoms with Crippen LogP contribution in [0.1, 0.15) is 16.7 Å². The molecule has 0 atom stereocenters. The minimum Gasteiger partial charge on any atom is -0.452 e. The van der Waals surface area contributed by atoms with E-state index in [4.69, 9.17) is 4.74 Å². The van der Waals surface area contributed by atoms with Crippen LogP contribution in [0.4, 0.5) is 4.79 Å². The predicted octanol–water partition coefficient (Wildman–Crippen LogP) is 3.18. The van der Waals surface area contributed by atoms with Gasteiger partial charge in [0.2, 0.25) is 0 Å². The fourth-order valence-electron chi connectivity index (χ4n) is 1.90. The number of methoxy groups -OCH3 is 1. The van der Waals surface area contributed by atoms with E-state index in [0.717, 1.165) is 16.5 Å². The molecule has 0 saturated heterocycles. The zero-order chi connectivity index (χ0) is 11.9. The molecular formula is C13H15NO2. The van der Waals surface area contributed by atoms with Crippen LogP contribution in [0.15, 0.2) is 18.3 Å². The lowest BCUT2D eigenvalue weighted by Gasteiger charge is -2.04. The van der Waals surface area contributed by atoms with E-state index in [1.165, 1.54) is 18.2 Å². The Bertz CT molecular complexity index is 567. The lowest BCUT2D eigenvalue weighted by atomic mass is 10.1. The summed E-state index contributed by atoms with van der Waals surface area (Å²) in [6, 6.07) is 4.13. The van der Waals surface area contributed by atoms with Crippen LogP contribution in [0, 0.1) is 20.8 Å². The summed E-state index contributed by atoms with van der Waals surface area (Å²) in [7, 11) is 1.39. The quantitative estimate of drug-likeness (QED) is 0.678. The van der Waals surface area contributed by atoms with Crippen molar-refractivity contribution in [2.75, 3.05) is 7.11 Å². The number of rotatable bonds is 0. The Morgan fingerprint density at radius 1 is 1.12 bits per heavy atom. The highest BCUT2D eigenvalue weighted by Crippen LogP contribution is 2.24. The number of fused-ring (bicyclic) bond motifs is 1. The molecule has 0 unspecified atom stereocenters. The van der Waals surface area contributed by atoms with E-state index >= 15 is 0 Å². The van der Waals surface area contributed by atoms with E-state index in [2.05, 4.69) is 13.0 Å². The molecule has 0 aliphatic heterocycles. The first-order valence-electron chi connectivity index (χ1n) is 5.22. The summed E-state index contributed by atoms with van der Waals surface area (Å²) in [6.07, 6.45) is 1.47. The van der Waals surface area contributed by atoms with E-state index in [9.17, 15) is 4.79 Å². The third-order valence-corrected chi connectivity index (χ3v) is 2.99. The molecule has 1 aromatic heterocycles. The van der Waals surface area contributed by atoms with Gasteiger partial charge in [-0.1, -0.05) is 0 Å². The van der Waals surface area contributed by atoms with E-state index in [0.29, 0.717) is 0 Å². The van der Waals surface area contributed by atoms with E-state index in [-0.39, 0.29) is 6.09 Å². The van der Waals surface area contributed by atoms with Gasteiger partial charge in [0.25, 0.3) is 0 Å². The molecule has 1 aromatic carbocycles. The molecule has 0 spiro atoms. The highest BCUT2D eigenvalue weighted by molar-refractivity contribution is 5.92. The summed E-state index contributed by atoms with van der Waals surface area (Å²) in [6.45, 7) is 6.11. The molecule has 3 nitrogen and oxygen atoms in total. The molecule has 0 aliphatic rings. The largest absolute Gasteiger partial charge is 0.452 e. The topological polar surface area (TPSA) is 31.2 Å². The van der Waals surface area contributed by atoms with Crippen molar-refractivity contribution < 1.29 is 9.53 Å². The van der Waals surface area contributed by atoms with Crippen LogP contribution >= 0.6 is 0 Å². The normalized spacial score (nSPS) is 10.8. The van der Waals surface area contributed by atoms with Gasteiger partial charge in [-0.2, -0.15) is 0 Å². The summed E-state index contributed by atoms with van der Waals surface area (Å²) in [5, 5.41) is 1.11. The van der Waals surface area contributed by atoms with Gasteiger partial charge in [-0.25, -0.2) is 4.79 Å². The van der Waals surface area contributed by atoms with Gasteiger partial charge in [0.1, 0.15) is 0 Å². The maximum atomic E-state index is 11.6. The summed E-state index contributed by atoms with van der Waals surface area (Å²) in [4.78, 5) is 11.6. The Morgan fingerprint density at radius 3 is 2.38 bits per heavy atom. The van der Waals surface area contributed by atoms with Gasteiger partial charge in [-0.15, -0.1) is 0 Å². The maximum absolute atomic E-state index is 11.6. The molecule has 0 aliphatic carbocycles. The van der Waals surface area contributed by atoms with E-state index in [1.807, 2.05) is 26.1 Å². The molecule has 0 fully saturated rings. The van der Waals surface area contributed by atoms with Crippen molar-refractivity contribution in [2.24, 2.45) is 0 Å². The molecule has 0 radical (unpaired) electrons. The lowest BCUT2D eigenvalue weighted by molar-refractivity contribution is 0.174. The average Bonchev–Trinajstić information content (AvgIpc) is 2.56. The third-order valence-electron chi connectivity index (χ3n) is 2.99. The standard InChI is InChI=1S/C13H15NO2/c1-8-5-11-10(3)7-14(13(15)16-4)12(11)6-9(8)2/h5-7H,1-4H3. The second-order valence-corrected chi connectivity index (χ2v) is 4.11. The summed E-state index contributed by atoms with van der Waals surface area (Å²) in [5.74, 6) is 0. The van der Waals surface area contributed by atoms with Gasteiger partial charge < -0.3 is 4.74 Å². The van der Waals surface area contributed by atoms with Crippen molar-refractivity contribution in [1.82, 2.24) is 4.57 Å². The molecule has 16 heavy (non-hydrogen) atoms. The average molecular weight is 217 g/mol. The molecule has 84 valence electrons. The first-order valence-corrected chi connectivity index (χ1v) is 5.22. The zero-order valence-electron chi connectivity index (χ0n) is 10.00. The first kappa shape index (κ1) is 10.7. The maximum Gasteiger partial charge on any atom is 0.418 e. The molecule has 2 rings (SSSR count). The van der Waals surface area contributed by atoms with Crippen LogP contribution in [0.25, 0.3) is 10.9 Å². The minimum absolute atomic E-state index is 0.346. The van der Waals surface area contributed by atoms with Crippen molar-refractivity contribution >= 4 is 17.0 Å². The van der Waals surface area contributed by atoms with Crippen molar-refractivity contribution in [3.8, 4) is 0 Å². The van der Waals surface area contributed by atoms with Crippen LogP contribution in [0.5, 0.6) is 0 Å². The number of nitrogens with zero attached hydrogens (tertiary/aromatic N) is 1. The molecule has 1 heterocycles. The molecule has 2 aromatic rings. The highest BCUT2D eigenvalue weighted by Gasteiger charge is 2.12. The number of hydrogen-bond donors (Lipinski definition) is 0. The van der Waals surface area contributed by atoms with Gasteiger partial charge >= 0.3 is 6.09 Å². The fourth-order valence-corrected chi connectivity index (χ4v) is 1.90. The number of aromatic nitrogens is 1. The van der Waals surface area contributed by atoms with Crippen LogP contribution in [0.2, 0.25) is 0 Å². The summed E-state index contributed by atoms with van der Waals surface area (Å²) in [5.41, 5.74) is 4.41.